The Labute approximate surface area is 109 Å². The molecule has 0 atom stereocenters. The predicted octanol–water partition coefficient (Wildman–Crippen LogP) is 2.39. The molecule has 0 unspecified atom stereocenters. The second-order valence-electron chi connectivity index (χ2n) is 5.80. The highest BCUT2D eigenvalue weighted by atomic mass is 16.1. The lowest BCUT2D eigenvalue weighted by Gasteiger charge is -2.30. The van der Waals surface area contributed by atoms with Gasteiger partial charge in [-0.1, -0.05) is 13.8 Å². The van der Waals surface area contributed by atoms with Crippen LogP contribution in [0.15, 0.2) is 6.33 Å². The lowest BCUT2D eigenvalue weighted by atomic mass is 9.75. The smallest absolute Gasteiger partial charge is 0.143 e. The zero-order valence-electron chi connectivity index (χ0n) is 11.6. The second kappa shape index (κ2) is 5.63. The number of ketones is 1. The Morgan fingerprint density at radius 1 is 1.39 bits per heavy atom. The van der Waals surface area contributed by atoms with E-state index in [1.54, 1.807) is 4.68 Å². The molecular formula is C14H23N3O. The number of aryl methyl sites for hydroxylation is 1. The van der Waals surface area contributed by atoms with Crippen molar-refractivity contribution < 1.29 is 4.79 Å². The largest absolute Gasteiger partial charge is 0.299 e. The Hall–Kier alpha value is -1.19. The summed E-state index contributed by atoms with van der Waals surface area (Å²) in [6, 6.07) is 0. The van der Waals surface area contributed by atoms with Crippen molar-refractivity contribution in [3.8, 4) is 0 Å². The van der Waals surface area contributed by atoms with Gasteiger partial charge in [-0.3, -0.25) is 9.48 Å². The molecule has 1 fully saturated rings. The molecular weight excluding hydrogens is 226 g/mol. The number of aromatic nitrogens is 3. The monoisotopic (exact) mass is 249 g/mol. The van der Waals surface area contributed by atoms with Crippen LogP contribution in [0.2, 0.25) is 0 Å². The molecule has 2 rings (SSSR count). The molecule has 0 amide bonds. The quantitative estimate of drug-likeness (QED) is 0.823. The Balaban J connectivity index is 1.86. The molecule has 1 saturated carbocycles. The van der Waals surface area contributed by atoms with Crippen LogP contribution in [-0.2, 0) is 18.3 Å². The van der Waals surface area contributed by atoms with E-state index in [1.807, 2.05) is 7.05 Å². The summed E-state index contributed by atoms with van der Waals surface area (Å²) in [5.74, 6) is 2.93. The number of hydrogen-bond acceptors (Lipinski definition) is 3. The molecule has 1 heterocycles. The number of carbonyl (C=O) groups is 1. The van der Waals surface area contributed by atoms with E-state index in [9.17, 15) is 4.79 Å². The van der Waals surface area contributed by atoms with Crippen LogP contribution >= 0.6 is 0 Å². The van der Waals surface area contributed by atoms with Crippen LogP contribution in [0.5, 0.6) is 0 Å². The Bertz CT molecular complexity index is 403. The number of carbonyl (C=O) groups excluding carboxylic acids is 1. The van der Waals surface area contributed by atoms with Gasteiger partial charge < -0.3 is 0 Å². The van der Waals surface area contributed by atoms with E-state index in [1.165, 1.54) is 19.2 Å². The second-order valence-corrected chi connectivity index (χ2v) is 5.80. The van der Waals surface area contributed by atoms with E-state index < -0.39 is 0 Å². The fourth-order valence-corrected chi connectivity index (χ4v) is 2.89. The maximum atomic E-state index is 12.2. The minimum absolute atomic E-state index is 0.247. The van der Waals surface area contributed by atoms with E-state index in [0.717, 1.165) is 30.5 Å². The Kier molecular flexibility index (Phi) is 4.15. The summed E-state index contributed by atoms with van der Waals surface area (Å²) in [5.41, 5.74) is 0. The van der Waals surface area contributed by atoms with Crippen LogP contribution in [0.4, 0.5) is 0 Å². The van der Waals surface area contributed by atoms with Gasteiger partial charge in [0.2, 0.25) is 0 Å². The van der Waals surface area contributed by atoms with Gasteiger partial charge in [-0.25, -0.2) is 4.98 Å². The van der Waals surface area contributed by atoms with Crippen LogP contribution in [0.25, 0.3) is 0 Å². The molecule has 0 aromatic carbocycles. The molecule has 1 aromatic heterocycles. The van der Waals surface area contributed by atoms with Gasteiger partial charge in [-0.15, -0.1) is 0 Å². The topological polar surface area (TPSA) is 47.8 Å². The average molecular weight is 249 g/mol. The first-order chi connectivity index (χ1) is 8.58. The van der Waals surface area contributed by atoms with Gasteiger partial charge in [0.25, 0.3) is 0 Å². The molecule has 0 saturated heterocycles. The molecule has 0 aliphatic heterocycles. The number of rotatable bonds is 4. The number of Topliss-reactive ketones (excluding diaryl/α,β-unsaturated/α-hetero) is 1. The molecule has 0 N–H and O–H groups in total. The van der Waals surface area contributed by atoms with Crippen molar-refractivity contribution in [2.75, 3.05) is 0 Å². The standard InChI is InChI=1S/C14H23N3O/c1-10(2)11-4-6-12(7-5-11)13(18)8-14-15-9-16-17(14)3/h9-12H,4-8H2,1-3H3. The van der Waals surface area contributed by atoms with Crippen LogP contribution in [0.3, 0.4) is 0 Å². The molecule has 1 aliphatic rings. The van der Waals surface area contributed by atoms with Crippen molar-refractivity contribution in [1.82, 2.24) is 14.8 Å². The van der Waals surface area contributed by atoms with Crippen molar-refractivity contribution in [2.45, 2.75) is 46.0 Å². The summed E-state index contributed by atoms with van der Waals surface area (Å²) >= 11 is 0. The molecule has 0 radical (unpaired) electrons. The SMILES string of the molecule is CC(C)C1CCC(C(=O)Cc2ncnn2C)CC1. The molecule has 1 aliphatic carbocycles. The first-order valence-electron chi connectivity index (χ1n) is 6.93. The van der Waals surface area contributed by atoms with Gasteiger partial charge in [0.1, 0.15) is 17.9 Å². The first kappa shape index (κ1) is 13.2. The maximum Gasteiger partial charge on any atom is 0.143 e. The zero-order chi connectivity index (χ0) is 13.1. The average Bonchev–Trinajstić information content (AvgIpc) is 2.75. The van der Waals surface area contributed by atoms with Gasteiger partial charge >= 0.3 is 0 Å². The fraction of sp³-hybridized carbons (Fsp3) is 0.786. The summed E-state index contributed by atoms with van der Waals surface area (Å²) < 4.78 is 1.69. The van der Waals surface area contributed by atoms with Crippen LogP contribution < -0.4 is 0 Å². The first-order valence-corrected chi connectivity index (χ1v) is 6.93. The fourth-order valence-electron chi connectivity index (χ4n) is 2.89. The Morgan fingerprint density at radius 3 is 2.56 bits per heavy atom. The lowest BCUT2D eigenvalue weighted by Crippen LogP contribution is -2.26. The third-order valence-electron chi connectivity index (χ3n) is 4.31. The highest BCUT2D eigenvalue weighted by Gasteiger charge is 2.28. The van der Waals surface area contributed by atoms with Crippen LogP contribution in [0.1, 0.15) is 45.4 Å². The summed E-state index contributed by atoms with van der Waals surface area (Å²) in [5, 5.41) is 4.00. The molecule has 0 spiro atoms. The van der Waals surface area contributed by atoms with E-state index in [2.05, 4.69) is 23.9 Å². The molecule has 18 heavy (non-hydrogen) atoms. The van der Waals surface area contributed by atoms with Crippen LogP contribution in [-0.4, -0.2) is 20.5 Å². The van der Waals surface area contributed by atoms with E-state index in [0.29, 0.717) is 12.2 Å². The third-order valence-corrected chi connectivity index (χ3v) is 4.31. The number of hydrogen-bond donors (Lipinski definition) is 0. The summed E-state index contributed by atoms with van der Waals surface area (Å²) in [6.45, 7) is 4.57. The summed E-state index contributed by atoms with van der Waals surface area (Å²) in [7, 11) is 1.84. The lowest BCUT2D eigenvalue weighted by molar-refractivity contribution is -0.123. The van der Waals surface area contributed by atoms with Crippen molar-refractivity contribution in [3.05, 3.63) is 12.2 Å². The van der Waals surface area contributed by atoms with Crippen molar-refractivity contribution in [2.24, 2.45) is 24.8 Å². The van der Waals surface area contributed by atoms with E-state index >= 15 is 0 Å². The molecule has 100 valence electrons. The minimum Gasteiger partial charge on any atom is -0.299 e. The van der Waals surface area contributed by atoms with Crippen molar-refractivity contribution in [1.29, 1.82) is 0 Å². The molecule has 0 bridgehead atoms. The predicted molar refractivity (Wildman–Crippen MR) is 70.0 cm³/mol. The van der Waals surface area contributed by atoms with Crippen molar-refractivity contribution >= 4 is 5.78 Å². The third kappa shape index (κ3) is 2.98. The zero-order valence-corrected chi connectivity index (χ0v) is 11.6. The summed E-state index contributed by atoms with van der Waals surface area (Å²) in [4.78, 5) is 16.3. The van der Waals surface area contributed by atoms with Gasteiger partial charge in [0.05, 0.1) is 6.42 Å². The summed E-state index contributed by atoms with van der Waals surface area (Å²) in [6.07, 6.45) is 6.46. The highest BCUT2D eigenvalue weighted by molar-refractivity contribution is 5.82. The molecule has 4 heteroatoms. The van der Waals surface area contributed by atoms with Gasteiger partial charge in [-0.2, -0.15) is 5.10 Å². The van der Waals surface area contributed by atoms with Gasteiger partial charge in [-0.05, 0) is 37.5 Å². The van der Waals surface area contributed by atoms with E-state index in [4.69, 9.17) is 0 Å². The molecule has 1 aromatic rings. The van der Waals surface area contributed by atoms with E-state index in [-0.39, 0.29) is 5.92 Å². The van der Waals surface area contributed by atoms with Crippen LogP contribution in [0, 0.1) is 17.8 Å². The van der Waals surface area contributed by atoms with Gasteiger partial charge in [0.15, 0.2) is 0 Å². The number of nitrogens with zero attached hydrogens (tertiary/aromatic N) is 3. The Morgan fingerprint density at radius 2 is 2.06 bits per heavy atom. The minimum atomic E-state index is 0.247. The van der Waals surface area contributed by atoms with Gasteiger partial charge in [0, 0.05) is 13.0 Å². The maximum absolute atomic E-state index is 12.2. The van der Waals surface area contributed by atoms with Crippen molar-refractivity contribution in [3.63, 3.8) is 0 Å². The highest BCUT2D eigenvalue weighted by Crippen LogP contribution is 2.33. The normalized spacial score (nSPS) is 24.4. The molecule has 4 nitrogen and oxygen atoms in total.